The molecule has 4 rings (SSSR count). The number of allylic oxidation sites excluding steroid dienone is 1. The number of hydrogen-bond acceptors (Lipinski definition) is 8. The Labute approximate surface area is 156 Å². The van der Waals surface area contributed by atoms with Gasteiger partial charge in [-0.3, -0.25) is 14.4 Å². The van der Waals surface area contributed by atoms with Crippen LogP contribution in [0.15, 0.2) is 11.6 Å². The second-order valence-corrected chi connectivity index (χ2v) is 8.26. The zero-order valence-corrected chi connectivity index (χ0v) is 15.8. The second kappa shape index (κ2) is 5.62. The maximum Gasteiger partial charge on any atom is 0.303 e. The Morgan fingerprint density at radius 2 is 2.00 bits per heavy atom. The highest BCUT2D eigenvalue weighted by atomic mass is 16.7. The molecule has 7 atom stereocenters. The van der Waals surface area contributed by atoms with E-state index in [1.807, 2.05) is 6.92 Å². The van der Waals surface area contributed by atoms with Gasteiger partial charge in [0, 0.05) is 20.3 Å². The van der Waals surface area contributed by atoms with Gasteiger partial charge in [0.15, 0.2) is 5.78 Å². The highest BCUT2D eigenvalue weighted by molar-refractivity contribution is 5.96. The van der Waals surface area contributed by atoms with E-state index in [1.165, 1.54) is 13.8 Å². The number of aliphatic hydroxyl groups excluding tert-OH is 1. The summed E-state index contributed by atoms with van der Waals surface area (Å²) in [7, 11) is 0. The van der Waals surface area contributed by atoms with Gasteiger partial charge >= 0.3 is 11.9 Å². The summed E-state index contributed by atoms with van der Waals surface area (Å²) in [5, 5.41) is 10.9. The Hall–Kier alpha value is -1.77. The first-order valence-electron chi connectivity index (χ1n) is 9.09. The Bertz CT molecular complexity index is 753. The molecule has 2 saturated heterocycles. The third-order valence-corrected chi connectivity index (χ3v) is 7.00. The van der Waals surface area contributed by atoms with Crippen LogP contribution in [0.2, 0.25) is 0 Å². The number of hydrogen-bond donors (Lipinski definition) is 1. The van der Waals surface area contributed by atoms with E-state index < -0.39 is 52.8 Å². The smallest absolute Gasteiger partial charge is 0.303 e. The minimum atomic E-state index is -1.11. The van der Waals surface area contributed by atoms with Crippen LogP contribution in [0.5, 0.6) is 0 Å². The van der Waals surface area contributed by atoms with Crippen LogP contribution in [-0.2, 0) is 33.3 Å². The predicted molar refractivity (Wildman–Crippen MR) is 89.5 cm³/mol. The first-order chi connectivity index (χ1) is 12.6. The van der Waals surface area contributed by atoms with Gasteiger partial charge in [-0.25, -0.2) is 0 Å². The summed E-state index contributed by atoms with van der Waals surface area (Å²) in [6, 6.07) is 0. The molecule has 2 aliphatic carbocycles. The molecule has 0 aromatic carbocycles. The lowest BCUT2D eigenvalue weighted by Gasteiger charge is -2.57. The minimum absolute atomic E-state index is 0.0477. The molecule has 2 aliphatic heterocycles. The molecule has 8 heteroatoms. The molecule has 2 bridgehead atoms. The fraction of sp³-hybridized carbons (Fsp3) is 0.737. The summed E-state index contributed by atoms with van der Waals surface area (Å²) in [5.74, 6) is -1.13. The van der Waals surface area contributed by atoms with Crippen molar-refractivity contribution in [2.75, 3.05) is 13.2 Å². The van der Waals surface area contributed by atoms with Gasteiger partial charge in [-0.1, -0.05) is 6.92 Å². The number of esters is 2. The zero-order valence-electron chi connectivity index (χ0n) is 15.8. The largest absolute Gasteiger partial charge is 0.465 e. The minimum Gasteiger partial charge on any atom is -0.465 e. The van der Waals surface area contributed by atoms with E-state index in [4.69, 9.17) is 18.9 Å². The van der Waals surface area contributed by atoms with Crippen LogP contribution in [0.25, 0.3) is 0 Å². The van der Waals surface area contributed by atoms with E-state index in [1.54, 1.807) is 13.0 Å². The van der Waals surface area contributed by atoms with E-state index in [9.17, 15) is 19.5 Å². The van der Waals surface area contributed by atoms with E-state index in [0.717, 1.165) is 0 Å². The molecular formula is C19H24O8. The van der Waals surface area contributed by atoms with Gasteiger partial charge in [0.1, 0.15) is 30.5 Å². The Morgan fingerprint density at radius 3 is 2.56 bits per heavy atom. The molecule has 1 spiro atoms. The number of Topliss-reactive ketones (excluding diaryl/α,β-unsaturated/α-hetero) is 1. The fourth-order valence-corrected chi connectivity index (χ4v) is 5.44. The van der Waals surface area contributed by atoms with Gasteiger partial charge in [0.05, 0.1) is 23.5 Å². The topological polar surface area (TPSA) is 112 Å². The van der Waals surface area contributed by atoms with Crippen molar-refractivity contribution in [3.8, 4) is 0 Å². The molecule has 4 aliphatic rings. The summed E-state index contributed by atoms with van der Waals surface area (Å²) < 4.78 is 22.9. The molecule has 0 radical (unpaired) electrons. The number of rotatable bonds is 3. The van der Waals surface area contributed by atoms with Crippen molar-refractivity contribution in [3.05, 3.63) is 11.6 Å². The molecule has 0 amide bonds. The van der Waals surface area contributed by atoms with Crippen LogP contribution in [0, 0.1) is 10.8 Å². The van der Waals surface area contributed by atoms with E-state index >= 15 is 0 Å². The maximum atomic E-state index is 12.7. The van der Waals surface area contributed by atoms with E-state index in [0.29, 0.717) is 12.2 Å². The van der Waals surface area contributed by atoms with Crippen molar-refractivity contribution in [1.29, 1.82) is 0 Å². The molecule has 148 valence electrons. The molecular weight excluding hydrogens is 356 g/mol. The third-order valence-electron chi connectivity index (χ3n) is 7.00. The molecule has 0 aromatic rings. The molecule has 2 heterocycles. The summed E-state index contributed by atoms with van der Waals surface area (Å²) in [5.41, 5.74) is -2.31. The predicted octanol–water partition coefficient (Wildman–Crippen LogP) is 0.304. The number of carbonyl (C=O) groups is 3. The van der Waals surface area contributed by atoms with Crippen molar-refractivity contribution in [1.82, 2.24) is 0 Å². The van der Waals surface area contributed by atoms with Crippen molar-refractivity contribution >= 4 is 17.7 Å². The Balaban J connectivity index is 1.89. The van der Waals surface area contributed by atoms with Crippen molar-refractivity contribution in [2.24, 2.45) is 10.8 Å². The fourth-order valence-electron chi connectivity index (χ4n) is 5.44. The normalized spacial score (nSPS) is 47.3. The van der Waals surface area contributed by atoms with Crippen LogP contribution in [-0.4, -0.2) is 66.1 Å². The number of epoxide rings is 1. The summed E-state index contributed by atoms with van der Waals surface area (Å²) >= 11 is 0. The van der Waals surface area contributed by atoms with E-state index in [2.05, 4.69) is 0 Å². The lowest BCUT2D eigenvalue weighted by molar-refractivity contribution is -0.231. The average molecular weight is 380 g/mol. The van der Waals surface area contributed by atoms with Gasteiger partial charge in [-0.15, -0.1) is 0 Å². The molecule has 1 unspecified atom stereocenters. The van der Waals surface area contributed by atoms with Gasteiger partial charge < -0.3 is 24.1 Å². The molecule has 1 N–H and O–H groups in total. The zero-order chi connectivity index (χ0) is 19.8. The molecule has 0 aromatic heterocycles. The molecule has 1 saturated carbocycles. The maximum absolute atomic E-state index is 12.7. The third kappa shape index (κ3) is 2.17. The van der Waals surface area contributed by atoms with Crippen molar-refractivity contribution < 1.29 is 38.4 Å². The highest BCUT2D eigenvalue weighted by Crippen LogP contribution is 2.71. The number of fused-ring (bicyclic) bond motifs is 2. The van der Waals surface area contributed by atoms with Crippen LogP contribution in [0.1, 0.15) is 34.1 Å². The van der Waals surface area contributed by atoms with Crippen LogP contribution in [0.3, 0.4) is 0 Å². The van der Waals surface area contributed by atoms with Gasteiger partial charge in [0.2, 0.25) is 0 Å². The lowest BCUT2D eigenvalue weighted by Crippen LogP contribution is -2.67. The lowest BCUT2D eigenvalue weighted by atomic mass is 9.51. The number of carbonyl (C=O) groups excluding carboxylic acids is 3. The Kier molecular flexibility index (Phi) is 3.87. The van der Waals surface area contributed by atoms with Crippen LogP contribution >= 0.6 is 0 Å². The Morgan fingerprint density at radius 1 is 1.33 bits per heavy atom. The second-order valence-electron chi connectivity index (χ2n) is 8.26. The molecule has 3 fully saturated rings. The standard InChI is InChI=1S/C19H24O8/c1-9-5-13-18(6-12(9)22,7-24-10(2)20)17(4)15(26-11(3)21)14(23)16(27-13)19(17)8-25-19/h5,13-16,23H,6-8H2,1-4H3/t13-,14?,15-,16-,17-,18-,19+/m1/s1. The van der Waals surface area contributed by atoms with Gasteiger partial charge in [-0.05, 0) is 18.6 Å². The van der Waals surface area contributed by atoms with Crippen molar-refractivity contribution in [2.45, 2.75) is 64.1 Å². The molecule has 8 nitrogen and oxygen atoms in total. The summed E-state index contributed by atoms with van der Waals surface area (Å²) in [4.78, 5) is 36.0. The first-order valence-corrected chi connectivity index (χ1v) is 9.09. The van der Waals surface area contributed by atoms with Crippen LogP contribution < -0.4 is 0 Å². The summed E-state index contributed by atoms with van der Waals surface area (Å²) in [6.45, 7) is 6.34. The van der Waals surface area contributed by atoms with E-state index in [-0.39, 0.29) is 18.8 Å². The van der Waals surface area contributed by atoms with Crippen LogP contribution in [0.4, 0.5) is 0 Å². The average Bonchev–Trinajstić information content (AvgIpc) is 3.36. The number of ketones is 1. The molecule has 27 heavy (non-hydrogen) atoms. The van der Waals surface area contributed by atoms with Gasteiger partial charge in [-0.2, -0.15) is 0 Å². The van der Waals surface area contributed by atoms with Crippen molar-refractivity contribution in [3.63, 3.8) is 0 Å². The van der Waals surface area contributed by atoms with Gasteiger partial charge in [0.25, 0.3) is 0 Å². The quantitative estimate of drug-likeness (QED) is 0.550. The SMILES string of the molecule is CC(=O)OC[C@]12CC(=O)C(C)=C[C@H]1O[C@@H]1C(O)[C@@H](OC(C)=O)[C@@]2(C)[C@]12CO2. The summed E-state index contributed by atoms with van der Waals surface area (Å²) in [6.07, 6.45) is -1.55. The highest BCUT2D eigenvalue weighted by Gasteiger charge is 2.86. The number of ether oxygens (including phenoxy) is 4. The number of aliphatic hydroxyl groups is 1. The monoisotopic (exact) mass is 380 g/mol. The first kappa shape index (κ1) is 18.6.